The lowest BCUT2D eigenvalue weighted by atomic mass is 9.92. The Labute approximate surface area is 235 Å². The van der Waals surface area contributed by atoms with Gasteiger partial charge in [-0.1, -0.05) is 96.1 Å². The van der Waals surface area contributed by atoms with Gasteiger partial charge in [-0.2, -0.15) is 0 Å². The van der Waals surface area contributed by atoms with Crippen LogP contribution in [-0.4, -0.2) is 57.6 Å². The minimum atomic E-state index is -0.550. The standard InChI is InChI=1S/C31H37N3O6/c1-35-23-36-18-17-27-29(37-20-24-11-5-2-6-12-24)31(39-22-26-15-9-4-10-16-26)30(28(40-27)19-33-34-32)38-21-25-13-7-3-8-14-25/h2-16,27-31H,17-23H2,1H3/t27-,28-,29-,30-,31-/m1/s1. The molecule has 0 N–H and O–H groups in total. The molecule has 0 aliphatic carbocycles. The fourth-order valence-corrected chi connectivity index (χ4v) is 4.72. The number of ether oxygens (including phenoxy) is 6. The molecule has 212 valence electrons. The molecule has 9 heteroatoms. The summed E-state index contributed by atoms with van der Waals surface area (Å²) in [5.74, 6) is 0. The van der Waals surface area contributed by atoms with Gasteiger partial charge in [0, 0.05) is 12.0 Å². The Hall–Kier alpha value is -3.27. The van der Waals surface area contributed by atoms with Gasteiger partial charge in [-0.3, -0.25) is 0 Å². The van der Waals surface area contributed by atoms with E-state index >= 15 is 0 Å². The third-order valence-electron chi connectivity index (χ3n) is 6.66. The van der Waals surface area contributed by atoms with E-state index in [1.54, 1.807) is 7.11 Å². The second-order valence-corrected chi connectivity index (χ2v) is 9.51. The molecular weight excluding hydrogens is 510 g/mol. The van der Waals surface area contributed by atoms with Crippen molar-refractivity contribution < 1.29 is 28.4 Å². The van der Waals surface area contributed by atoms with Crippen LogP contribution in [0.15, 0.2) is 96.1 Å². The number of methoxy groups -OCH3 is 1. The first-order chi connectivity index (χ1) is 19.8. The van der Waals surface area contributed by atoms with E-state index in [2.05, 4.69) is 10.0 Å². The highest BCUT2D eigenvalue weighted by Crippen LogP contribution is 2.32. The lowest BCUT2D eigenvalue weighted by Gasteiger charge is -2.46. The van der Waals surface area contributed by atoms with Crippen LogP contribution in [0, 0.1) is 0 Å². The van der Waals surface area contributed by atoms with Crippen molar-refractivity contribution in [3.63, 3.8) is 0 Å². The minimum absolute atomic E-state index is 0.0992. The van der Waals surface area contributed by atoms with E-state index in [1.165, 1.54) is 0 Å². The number of hydrogen-bond donors (Lipinski definition) is 0. The van der Waals surface area contributed by atoms with E-state index in [1.807, 2.05) is 91.0 Å². The maximum atomic E-state index is 9.11. The molecular formula is C31H37N3O6. The topological polar surface area (TPSA) is 104 Å². The van der Waals surface area contributed by atoms with Gasteiger partial charge >= 0.3 is 0 Å². The van der Waals surface area contributed by atoms with Gasteiger partial charge in [0.2, 0.25) is 0 Å². The largest absolute Gasteiger partial charge is 0.369 e. The van der Waals surface area contributed by atoms with Crippen molar-refractivity contribution in [2.75, 3.05) is 27.1 Å². The highest BCUT2D eigenvalue weighted by molar-refractivity contribution is 5.16. The molecule has 1 heterocycles. The van der Waals surface area contributed by atoms with Crippen LogP contribution in [0.3, 0.4) is 0 Å². The van der Waals surface area contributed by atoms with Crippen LogP contribution in [0.4, 0.5) is 0 Å². The average Bonchev–Trinajstić information content (AvgIpc) is 3.01. The Bertz CT molecular complexity index is 1150. The molecule has 5 atom stereocenters. The number of rotatable bonds is 16. The van der Waals surface area contributed by atoms with Gasteiger partial charge in [0.25, 0.3) is 0 Å². The maximum absolute atomic E-state index is 9.11. The predicted molar refractivity (Wildman–Crippen MR) is 150 cm³/mol. The predicted octanol–water partition coefficient (Wildman–Crippen LogP) is 5.83. The summed E-state index contributed by atoms with van der Waals surface area (Å²) in [4.78, 5) is 2.98. The molecule has 0 unspecified atom stereocenters. The first kappa shape index (κ1) is 29.7. The molecule has 0 saturated carbocycles. The third kappa shape index (κ3) is 9.15. The SMILES string of the molecule is COCOCC[C@H]1O[C@H](CN=[N+]=[N-])[C@@H](OCc2ccccc2)[C@H](OCc2ccccc2)[C@@H]1OCc1ccccc1. The quantitative estimate of drug-likeness (QED) is 0.0735. The molecule has 0 aromatic heterocycles. The number of hydrogen-bond acceptors (Lipinski definition) is 7. The zero-order valence-corrected chi connectivity index (χ0v) is 22.8. The van der Waals surface area contributed by atoms with Crippen LogP contribution in [0.2, 0.25) is 0 Å². The fraction of sp³-hybridized carbons (Fsp3) is 0.419. The van der Waals surface area contributed by atoms with Crippen molar-refractivity contribution in [2.24, 2.45) is 5.11 Å². The second-order valence-electron chi connectivity index (χ2n) is 9.51. The number of benzene rings is 3. The summed E-state index contributed by atoms with van der Waals surface area (Å²) in [7, 11) is 1.58. The molecule has 4 rings (SSSR count). The molecule has 1 aliphatic heterocycles. The summed E-state index contributed by atoms with van der Waals surface area (Å²) >= 11 is 0. The molecule has 1 fully saturated rings. The molecule has 1 aliphatic rings. The van der Waals surface area contributed by atoms with Crippen molar-refractivity contribution in [3.05, 3.63) is 118 Å². The highest BCUT2D eigenvalue weighted by atomic mass is 16.7. The highest BCUT2D eigenvalue weighted by Gasteiger charge is 2.47. The normalized spacial score (nSPS) is 22.5. The Kier molecular flexibility index (Phi) is 12.4. The van der Waals surface area contributed by atoms with Crippen molar-refractivity contribution in [3.8, 4) is 0 Å². The molecule has 9 nitrogen and oxygen atoms in total. The van der Waals surface area contributed by atoms with E-state index in [9.17, 15) is 0 Å². The molecule has 3 aromatic carbocycles. The summed E-state index contributed by atoms with van der Waals surface area (Å²) in [5, 5.41) is 3.84. The lowest BCUT2D eigenvalue weighted by Crippen LogP contribution is -2.61. The van der Waals surface area contributed by atoms with Gasteiger partial charge in [0.1, 0.15) is 25.1 Å². The Morgan fingerprint density at radius 2 is 1.18 bits per heavy atom. The van der Waals surface area contributed by atoms with E-state index in [-0.39, 0.29) is 13.3 Å². The Morgan fingerprint density at radius 1 is 0.700 bits per heavy atom. The maximum Gasteiger partial charge on any atom is 0.146 e. The van der Waals surface area contributed by atoms with E-state index in [0.717, 1.165) is 16.7 Å². The minimum Gasteiger partial charge on any atom is -0.369 e. The van der Waals surface area contributed by atoms with Crippen LogP contribution >= 0.6 is 0 Å². The van der Waals surface area contributed by atoms with Crippen LogP contribution in [0.5, 0.6) is 0 Å². The molecule has 1 saturated heterocycles. The van der Waals surface area contributed by atoms with Gasteiger partial charge in [-0.25, -0.2) is 0 Å². The van der Waals surface area contributed by atoms with Crippen LogP contribution in [-0.2, 0) is 48.2 Å². The van der Waals surface area contributed by atoms with Crippen molar-refractivity contribution in [2.45, 2.75) is 56.8 Å². The van der Waals surface area contributed by atoms with Crippen molar-refractivity contribution in [1.29, 1.82) is 0 Å². The fourth-order valence-electron chi connectivity index (χ4n) is 4.72. The summed E-state index contributed by atoms with van der Waals surface area (Å²) in [6.45, 7) is 1.77. The molecule has 0 amide bonds. The van der Waals surface area contributed by atoms with Gasteiger partial charge in [-0.05, 0) is 28.6 Å². The molecule has 0 radical (unpaired) electrons. The molecule has 40 heavy (non-hydrogen) atoms. The number of nitrogens with zero attached hydrogens (tertiary/aromatic N) is 3. The Morgan fingerprint density at radius 3 is 1.65 bits per heavy atom. The Balaban J connectivity index is 1.62. The molecule has 3 aromatic rings. The summed E-state index contributed by atoms with van der Waals surface area (Å²) in [6, 6.07) is 29.9. The van der Waals surface area contributed by atoms with Gasteiger partial charge in [-0.15, -0.1) is 0 Å². The smallest absolute Gasteiger partial charge is 0.146 e. The zero-order chi connectivity index (χ0) is 27.8. The summed E-state index contributed by atoms with van der Waals surface area (Å²) in [5.41, 5.74) is 12.2. The van der Waals surface area contributed by atoms with Crippen LogP contribution < -0.4 is 0 Å². The van der Waals surface area contributed by atoms with E-state index in [0.29, 0.717) is 32.8 Å². The summed E-state index contributed by atoms with van der Waals surface area (Å²) < 4.78 is 36.8. The zero-order valence-electron chi connectivity index (χ0n) is 22.8. The second kappa shape index (κ2) is 16.7. The average molecular weight is 548 g/mol. The molecule has 0 spiro atoms. The summed E-state index contributed by atoms with van der Waals surface area (Å²) in [6.07, 6.45) is -1.93. The van der Waals surface area contributed by atoms with Gasteiger partial charge in [0.05, 0.1) is 45.2 Å². The molecule has 0 bridgehead atoms. The van der Waals surface area contributed by atoms with E-state index < -0.39 is 30.5 Å². The van der Waals surface area contributed by atoms with Crippen molar-refractivity contribution in [1.82, 2.24) is 0 Å². The van der Waals surface area contributed by atoms with Crippen LogP contribution in [0.25, 0.3) is 10.4 Å². The van der Waals surface area contributed by atoms with Gasteiger partial charge < -0.3 is 28.4 Å². The lowest BCUT2D eigenvalue weighted by molar-refractivity contribution is -0.265. The number of azide groups is 1. The first-order valence-corrected chi connectivity index (χ1v) is 13.5. The van der Waals surface area contributed by atoms with Crippen molar-refractivity contribution >= 4 is 0 Å². The van der Waals surface area contributed by atoms with Gasteiger partial charge in [0.15, 0.2) is 0 Å². The first-order valence-electron chi connectivity index (χ1n) is 13.5. The van der Waals surface area contributed by atoms with E-state index in [4.69, 9.17) is 34.0 Å². The third-order valence-corrected chi connectivity index (χ3v) is 6.66. The monoisotopic (exact) mass is 547 g/mol. The van der Waals surface area contributed by atoms with Crippen LogP contribution in [0.1, 0.15) is 23.1 Å².